The van der Waals surface area contributed by atoms with Crippen LogP contribution in [0.5, 0.6) is 5.75 Å². The third-order valence-corrected chi connectivity index (χ3v) is 4.21. The minimum Gasteiger partial charge on any atom is -0.497 e. The van der Waals surface area contributed by atoms with E-state index < -0.39 is 0 Å². The van der Waals surface area contributed by atoms with E-state index >= 15 is 0 Å². The summed E-state index contributed by atoms with van der Waals surface area (Å²) >= 11 is 0. The number of hydrogen-bond donors (Lipinski definition) is 0. The zero-order valence-corrected chi connectivity index (χ0v) is 15.8. The monoisotopic (exact) mass is 368 g/mol. The molecule has 0 spiro atoms. The first-order valence-electron chi connectivity index (χ1n) is 8.81. The maximum absolute atomic E-state index is 11.5. The van der Waals surface area contributed by atoms with Crippen molar-refractivity contribution in [3.63, 3.8) is 0 Å². The molecule has 3 rings (SSSR count). The van der Waals surface area contributed by atoms with E-state index in [1.807, 2.05) is 42.5 Å². The van der Waals surface area contributed by atoms with E-state index in [0.29, 0.717) is 5.56 Å². The number of carbonyl (C=O) groups excluding carboxylic acids is 1. The highest BCUT2D eigenvalue weighted by Gasteiger charge is 2.04. The van der Waals surface area contributed by atoms with Gasteiger partial charge in [0.15, 0.2) is 0 Å². The lowest BCUT2D eigenvalue weighted by molar-refractivity contribution is 0.0600. The first kappa shape index (κ1) is 19.0. The average molecular weight is 368 g/mol. The van der Waals surface area contributed by atoms with Gasteiger partial charge in [0.1, 0.15) is 5.75 Å². The molecule has 138 valence electrons. The number of allylic oxidation sites excluding steroid dienone is 1. The second-order valence-corrected chi connectivity index (χ2v) is 5.99. The molecule has 0 bridgehead atoms. The van der Waals surface area contributed by atoms with Crippen molar-refractivity contribution in [2.45, 2.75) is 0 Å². The summed E-state index contributed by atoms with van der Waals surface area (Å²) in [6.45, 7) is 0. The number of carbonyl (C=O) groups is 1. The van der Waals surface area contributed by atoms with Crippen molar-refractivity contribution < 1.29 is 14.3 Å². The SMILES string of the molecule is COC(=O)c1ccc(C#CC=Cc2ccccc2-c2cccc(OC)c2)cc1. The molecule has 0 aliphatic heterocycles. The van der Waals surface area contributed by atoms with Crippen LogP contribution in [0, 0.1) is 11.8 Å². The Morgan fingerprint density at radius 3 is 2.46 bits per heavy atom. The predicted molar refractivity (Wildman–Crippen MR) is 112 cm³/mol. The fraction of sp³-hybridized carbons (Fsp3) is 0.0800. The van der Waals surface area contributed by atoms with Gasteiger partial charge in [-0.1, -0.05) is 48.2 Å². The van der Waals surface area contributed by atoms with Crippen LogP contribution in [-0.4, -0.2) is 20.2 Å². The molecule has 0 aliphatic rings. The van der Waals surface area contributed by atoms with Crippen LogP contribution in [0.2, 0.25) is 0 Å². The minimum absolute atomic E-state index is 0.353. The molecule has 0 saturated carbocycles. The second-order valence-electron chi connectivity index (χ2n) is 5.99. The Bertz CT molecular complexity index is 1050. The maximum atomic E-state index is 11.5. The van der Waals surface area contributed by atoms with Crippen LogP contribution in [0.1, 0.15) is 21.5 Å². The fourth-order valence-electron chi connectivity index (χ4n) is 2.76. The first-order valence-corrected chi connectivity index (χ1v) is 8.81. The summed E-state index contributed by atoms with van der Waals surface area (Å²) in [6, 6.07) is 23.1. The molecule has 0 amide bonds. The lowest BCUT2D eigenvalue weighted by Crippen LogP contribution is -2.00. The predicted octanol–water partition coefficient (Wildman–Crippen LogP) is 5.21. The molecule has 0 aromatic heterocycles. The molecule has 0 fully saturated rings. The van der Waals surface area contributed by atoms with Crippen LogP contribution in [0.25, 0.3) is 17.2 Å². The van der Waals surface area contributed by atoms with Crippen LogP contribution in [0.4, 0.5) is 0 Å². The number of methoxy groups -OCH3 is 2. The molecule has 3 aromatic carbocycles. The minimum atomic E-state index is -0.353. The molecule has 0 aliphatic carbocycles. The van der Waals surface area contributed by atoms with E-state index in [2.05, 4.69) is 30.0 Å². The van der Waals surface area contributed by atoms with Gasteiger partial charge < -0.3 is 9.47 Å². The van der Waals surface area contributed by atoms with E-state index in [-0.39, 0.29) is 5.97 Å². The van der Waals surface area contributed by atoms with Crippen molar-refractivity contribution in [3.05, 3.63) is 95.6 Å². The van der Waals surface area contributed by atoms with Gasteiger partial charge in [0.05, 0.1) is 19.8 Å². The van der Waals surface area contributed by atoms with E-state index in [0.717, 1.165) is 28.0 Å². The van der Waals surface area contributed by atoms with E-state index in [1.54, 1.807) is 31.4 Å². The van der Waals surface area contributed by atoms with Crippen molar-refractivity contribution in [2.75, 3.05) is 14.2 Å². The van der Waals surface area contributed by atoms with Crippen molar-refractivity contribution in [3.8, 4) is 28.7 Å². The summed E-state index contributed by atoms with van der Waals surface area (Å²) in [4.78, 5) is 11.5. The van der Waals surface area contributed by atoms with Gasteiger partial charge in [0.2, 0.25) is 0 Å². The smallest absolute Gasteiger partial charge is 0.337 e. The van der Waals surface area contributed by atoms with E-state index in [4.69, 9.17) is 9.47 Å². The third kappa shape index (κ3) is 4.69. The van der Waals surface area contributed by atoms with Crippen LogP contribution < -0.4 is 4.74 Å². The topological polar surface area (TPSA) is 35.5 Å². The summed E-state index contributed by atoms with van der Waals surface area (Å²) < 4.78 is 10.0. The molecule has 28 heavy (non-hydrogen) atoms. The molecule has 0 N–H and O–H groups in total. The second kappa shape index (κ2) is 9.25. The van der Waals surface area contributed by atoms with Crippen molar-refractivity contribution in [1.82, 2.24) is 0 Å². The van der Waals surface area contributed by atoms with Gasteiger partial charge in [-0.2, -0.15) is 0 Å². The third-order valence-electron chi connectivity index (χ3n) is 4.21. The molecule has 0 saturated heterocycles. The quantitative estimate of drug-likeness (QED) is 0.468. The number of esters is 1. The summed E-state index contributed by atoms with van der Waals surface area (Å²) in [5, 5.41) is 0. The van der Waals surface area contributed by atoms with Gasteiger partial charge in [-0.05, 0) is 65.2 Å². The summed E-state index contributed by atoms with van der Waals surface area (Å²) in [6.07, 6.45) is 3.82. The Morgan fingerprint density at radius 1 is 0.929 bits per heavy atom. The summed E-state index contributed by atoms with van der Waals surface area (Å²) in [7, 11) is 3.03. The number of rotatable bonds is 4. The Balaban J connectivity index is 1.79. The molecular formula is C25H20O3. The Morgan fingerprint density at radius 2 is 1.71 bits per heavy atom. The van der Waals surface area contributed by atoms with Crippen LogP contribution in [-0.2, 0) is 4.74 Å². The van der Waals surface area contributed by atoms with Gasteiger partial charge in [-0.25, -0.2) is 4.79 Å². The van der Waals surface area contributed by atoms with Gasteiger partial charge in [0.25, 0.3) is 0 Å². The number of ether oxygens (including phenoxy) is 2. The zero-order chi connectivity index (χ0) is 19.8. The molecule has 3 heteroatoms. The van der Waals surface area contributed by atoms with E-state index in [1.165, 1.54) is 7.11 Å². The Hall–Kier alpha value is -3.77. The van der Waals surface area contributed by atoms with Gasteiger partial charge >= 0.3 is 5.97 Å². The van der Waals surface area contributed by atoms with Gasteiger partial charge in [-0.15, -0.1) is 0 Å². The molecule has 0 radical (unpaired) electrons. The highest BCUT2D eigenvalue weighted by Crippen LogP contribution is 2.27. The Kier molecular flexibility index (Phi) is 6.28. The lowest BCUT2D eigenvalue weighted by Gasteiger charge is -2.07. The maximum Gasteiger partial charge on any atom is 0.337 e. The first-order chi connectivity index (χ1) is 13.7. The summed E-state index contributed by atoms with van der Waals surface area (Å²) in [5.74, 6) is 6.58. The molecule has 3 aromatic rings. The van der Waals surface area contributed by atoms with Crippen molar-refractivity contribution in [1.29, 1.82) is 0 Å². The zero-order valence-electron chi connectivity index (χ0n) is 15.8. The fourth-order valence-corrected chi connectivity index (χ4v) is 2.76. The van der Waals surface area contributed by atoms with Gasteiger partial charge in [0, 0.05) is 5.56 Å². The lowest BCUT2D eigenvalue weighted by atomic mass is 9.99. The van der Waals surface area contributed by atoms with Crippen molar-refractivity contribution in [2.24, 2.45) is 0 Å². The molecule has 0 unspecified atom stereocenters. The van der Waals surface area contributed by atoms with Crippen LogP contribution in [0.15, 0.2) is 78.9 Å². The van der Waals surface area contributed by atoms with Crippen molar-refractivity contribution >= 4 is 12.0 Å². The summed E-state index contributed by atoms with van der Waals surface area (Å²) in [5.41, 5.74) is 4.62. The molecule has 0 atom stereocenters. The number of hydrogen-bond acceptors (Lipinski definition) is 3. The number of benzene rings is 3. The van der Waals surface area contributed by atoms with E-state index in [9.17, 15) is 4.79 Å². The molecular weight excluding hydrogens is 348 g/mol. The largest absolute Gasteiger partial charge is 0.497 e. The van der Waals surface area contributed by atoms with Crippen LogP contribution >= 0.6 is 0 Å². The standard InChI is InChI=1S/C25H20O3/c1-27-23-12-7-11-22(18-23)24-13-6-5-10-20(24)9-4-3-8-19-14-16-21(17-15-19)25(26)28-2/h4-7,9-18H,1-2H3. The van der Waals surface area contributed by atoms with Gasteiger partial charge in [-0.3, -0.25) is 0 Å². The van der Waals surface area contributed by atoms with Crippen LogP contribution in [0.3, 0.4) is 0 Å². The highest BCUT2D eigenvalue weighted by molar-refractivity contribution is 5.89. The molecule has 0 heterocycles. The highest BCUT2D eigenvalue weighted by atomic mass is 16.5. The molecule has 3 nitrogen and oxygen atoms in total. The normalized spacial score (nSPS) is 10.2. The average Bonchev–Trinajstić information content (AvgIpc) is 2.77. The Labute approximate surface area is 165 Å².